The number of amides is 1. The molecule has 0 bridgehead atoms. The summed E-state index contributed by atoms with van der Waals surface area (Å²) in [5, 5.41) is 4.06. The Labute approximate surface area is 105 Å². The maximum atomic E-state index is 13.3. The highest BCUT2D eigenvalue weighted by molar-refractivity contribution is 5.95. The molecule has 1 amide bonds. The number of hydrogen-bond donors (Lipinski definition) is 1. The molecule has 0 aromatic heterocycles. The summed E-state index contributed by atoms with van der Waals surface area (Å²) >= 11 is 0. The van der Waals surface area contributed by atoms with Crippen LogP contribution in [0.25, 0.3) is 0 Å². The fraction of sp³-hybridized carbons (Fsp3) is 0.385. The Morgan fingerprint density at radius 2 is 2.00 bits per heavy atom. The van der Waals surface area contributed by atoms with Crippen molar-refractivity contribution in [1.29, 1.82) is 0 Å². The second-order valence-electron chi connectivity index (χ2n) is 4.40. The molecule has 2 rings (SSSR count). The van der Waals surface area contributed by atoms with E-state index in [0.29, 0.717) is 0 Å². The number of likely N-dealkylation sites (tertiary alicyclic amines) is 1. The monoisotopic (exact) mass is 249 g/mol. The van der Waals surface area contributed by atoms with Gasteiger partial charge in [0.15, 0.2) is 0 Å². The van der Waals surface area contributed by atoms with Gasteiger partial charge in [0, 0.05) is 31.6 Å². The fourth-order valence-electron chi connectivity index (χ4n) is 1.82. The Morgan fingerprint density at radius 3 is 2.67 bits per heavy atom. The van der Waals surface area contributed by atoms with Gasteiger partial charge in [-0.2, -0.15) is 5.10 Å². The van der Waals surface area contributed by atoms with E-state index in [-0.39, 0.29) is 5.56 Å². The summed E-state index contributed by atoms with van der Waals surface area (Å²) in [6, 6.07) is 5.88. The summed E-state index contributed by atoms with van der Waals surface area (Å²) in [4.78, 5) is 13.9. The zero-order chi connectivity index (χ0) is 13.0. The maximum absolute atomic E-state index is 13.3. The first-order valence-corrected chi connectivity index (χ1v) is 5.95. The summed E-state index contributed by atoms with van der Waals surface area (Å²) in [7, 11) is 2.05. The van der Waals surface area contributed by atoms with Gasteiger partial charge in [0.1, 0.15) is 5.82 Å². The third-order valence-corrected chi connectivity index (χ3v) is 3.00. The van der Waals surface area contributed by atoms with E-state index in [1.807, 2.05) is 0 Å². The largest absolute Gasteiger partial charge is 0.306 e. The number of rotatable bonds is 2. The molecule has 1 aliphatic heterocycles. The molecule has 1 saturated heterocycles. The highest BCUT2D eigenvalue weighted by Crippen LogP contribution is 2.07. The number of carbonyl (C=O) groups excluding carboxylic acids is 1. The summed E-state index contributed by atoms with van der Waals surface area (Å²) in [5.74, 6) is -1.03. The SMILES string of the molecule is CN1CCC(=NNC(=O)c2ccccc2F)CC1. The van der Waals surface area contributed by atoms with Gasteiger partial charge in [0.05, 0.1) is 5.56 Å². The number of nitrogens with one attached hydrogen (secondary N) is 1. The van der Waals surface area contributed by atoms with Crippen molar-refractivity contribution in [2.24, 2.45) is 5.10 Å². The lowest BCUT2D eigenvalue weighted by molar-refractivity contribution is 0.0950. The molecule has 4 nitrogen and oxygen atoms in total. The zero-order valence-electron chi connectivity index (χ0n) is 10.3. The molecular formula is C13H16FN3O. The third-order valence-electron chi connectivity index (χ3n) is 3.00. The van der Waals surface area contributed by atoms with Crippen LogP contribution in [0.2, 0.25) is 0 Å². The minimum Gasteiger partial charge on any atom is -0.306 e. The molecule has 18 heavy (non-hydrogen) atoms. The molecule has 96 valence electrons. The Kier molecular flexibility index (Phi) is 4.04. The van der Waals surface area contributed by atoms with Gasteiger partial charge in [-0.05, 0) is 19.2 Å². The second kappa shape index (κ2) is 5.73. The van der Waals surface area contributed by atoms with Crippen LogP contribution in [0.4, 0.5) is 4.39 Å². The molecule has 1 aliphatic rings. The van der Waals surface area contributed by atoms with Crippen LogP contribution in [0, 0.1) is 5.82 Å². The highest BCUT2D eigenvalue weighted by atomic mass is 19.1. The first-order chi connectivity index (χ1) is 8.66. The van der Waals surface area contributed by atoms with Crippen molar-refractivity contribution in [2.75, 3.05) is 20.1 Å². The van der Waals surface area contributed by atoms with Crippen molar-refractivity contribution in [2.45, 2.75) is 12.8 Å². The Balaban J connectivity index is 1.96. The molecule has 1 N–H and O–H groups in total. The van der Waals surface area contributed by atoms with Crippen molar-refractivity contribution >= 4 is 11.6 Å². The molecule has 0 radical (unpaired) electrons. The van der Waals surface area contributed by atoms with Gasteiger partial charge < -0.3 is 4.90 Å². The standard InChI is InChI=1S/C13H16FN3O/c1-17-8-6-10(7-9-17)15-16-13(18)11-4-2-3-5-12(11)14/h2-5H,6-9H2,1H3,(H,16,18). The van der Waals surface area contributed by atoms with Gasteiger partial charge in [-0.25, -0.2) is 9.82 Å². The van der Waals surface area contributed by atoms with Gasteiger partial charge in [0.25, 0.3) is 5.91 Å². The molecule has 0 aliphatic carbocycles. The van der Waals surface area contributed by atoms with Crippen LogP contribution in [-0.4, -0.2) is 36.7 Å². The fourth-order valence-corrected chi connectivity index (χ4v) is 1.82. The van der Waals surface area contributed by atoms with E-state index >= 15 is 0 Å². The number of halogens is 1. The molecular weight excluding hydrogens is 233 g/mol. The zero-order valence-corrected chi connectivity index (χ0v) is 10.3. The molecule has 1 fully saturated rings. The van der Waals surface area contributed by atoms with Gasteiger partial charge >= 0.3 is 0 Å². The molecule has 5 heteroatoms. The summed E-state index contributed by atoms with van der Waals surface area (Å²) in [5.41, 5.74) is 3.39. The molecule has 0 atom stereocenters. The van der Waals surface area contributed by atoms with E-state index in [0.717, 1.165) is 31.6 Å². The van der Waals surface area contributed by atoms with Gasteiger partial charge in [-0.3, -0.25) is 4.79 Å². The predicted molar refractivity (Wildman–Crippen MR) is 68.0 cm³/mol. The number of carbonyl (C=O) groups is 1. The summed E-state index contributed by atoms with van der Waals surface area (Å²) in [6.45, 7) is 1.88. The minimum absolute atomic E-state index is 0.0229. The lowest BCUT2D eigenvalue weighted by Gasteiger charge is -2.22. The van der Waals surface area contributed by atoms with Gasteiger partial charge in [0.2, 0.25) is 0 Å². The summed E-state index contributed by atoms with van der Waals surface area (Å²) < 4.78 is 13.3. The smallest absolute Gasteiger partial charge is 0.274 e. The maximum Gasteiger partial charge on any atom is 0.274 e. The van der Waals surface area contributed by atoms with Crippen molar-refractivity contribution in [3.05, 3.63) is 35.6 Å². The average molecular weight is 249 g/mol. The highest BCUT2D eigenvalue weighted by Gasteiger charge is 2.13. The molecule has 1 aromatic carbocycles. The molecule has 1 aromatic rings. The Morgan fingerprint density at radius 1 is 1.33 bits per heavy atom. The number of hydrazone groups is 1. The molecule has 0 spiro atoms. The van der Waals surface area contributed by atoms with Crippen molar-refractivity contribution < 1.29 is 9.18 Å². The first kappa shape index (κ1) is 12.7. The number of hydrogen-bond acceptors (Lipinski definition) is 3. The predicted octanol–water partition coefficient (Wildman–Crippen LogP) is 1.64. The Hall–Kier alpha value is -1.75. The minimum atomic E-state index is -0.529. The average Bonchev–Trinajstić information content (AvgIpc) is 2.38. The van der Waals surface area contributed by atoms with Crippen molar-refractivity contribution in [3.63, 3.8) is 0 Å². The normalized spacial score (nSPS) is 16.4. The van der Waals surface area contributed by atoms with Crippen LogP contribution >= 0.6 is 0 Å². The Bertz CT molecular complexity index is 463. The number of piperidine rings is 1. The number of nitrogens with zero attached hydrogens (tertiary/aromatic N) is 2. The van der Waals surface area contributed by atoms with E-state index in [9.17, 15) is 9.18 Å². The van der Waals surface area contributed by atoms with E-state index in [1.54, 1.807) is 12.1 Å². The third kappa shape index (κ3) is 3.13. The molecule has 0 saturated carbocycles. The van der Waals surface area contributed by atoms with Crippen LogP contribution in [-0.2, 0) is 0 Å². The first-order valence-electron chi connectivity index (χ1n) is 5.95. The summed E-state index contributed by atoms with van der Waals surface area (Å²) in [6.07, 6.45) is 1.68. The van der Waals surface area contributed by atoms with Crippen LogP contribution in [0.5, 0.6) is 0 Å². The lowest BCUT2D eigenvalue weighted by atomic mass is 10.1. The van der Waals surface area contributed by atoms with E-state index in [1.165, 1.54) is 12.1 Å². The molecule has 1 heterocycles. The topological polar surface area (TPSA) is 44.7 Å². The quantitative estimate of drug-likeness (QED) is 0.810. The van der Waals surface area contributed by atoms with Crippen LogP contribution in [0.1, 0.15) is 23.2 Å². The number of benzene rings is 1. The van der Waals surface area contributed by atoms with Crippen molar-refractivity contribution in [1.82, 2.24) is 10.3 Å². The van der Waals surface area contributed by atoms with Gasteiger partial charge in [-0.1, -0.05) is 12.1 Å². The van der Waals surface area contributed by atoms with Crippen LogP contribution < -0.4 is 5.43 Å². The van der Waals surface area contributed by atoms with E-state index in [2.05, 4.69) is 22.5 Å². The van der Waals surface area contributed by atoms with E-state index < -0.39 is 11.7 Å². The van der Waals surface area contributed by atoms with Crippen molar-refractivity contribution in [3.8, 4) is 0 Å². The van der Waals surface area contributed by atoms with Crippen LogP contribution in [0.3, 0.4) is 0 Å². The van der Waals surface area contributed by atoms with E-state index in [4.69, 9.17) is 0 Å². The lowest BCUT2D eigenvalue weighted by Crippen LogP contribution is -2.32. The van der Waals surface area contributed by atoms with Gasteiger partial charge in [-0.15, -0.1) is 0 Å². The molecule has 0 unspecified atom stereocenters. The second-order valence-corrected chi connectivity index (χ2v) is 4.40. The van der Waals surface area contributed by atoms with Crippen LogP contribution in [0.15, 0.2) is 29.4 Å².